The number of carbonyl (C=O) groups excluding carboxylic acids is 3. The summed E-state index contributed by atoms with van der Waals surface area (Å²) in [6.07, 6.45) is 0. The number of carbonyl (C=O) groups is 3. The van der Waals surface area contributed by atoms with E-state index in [1.807, 2.05) is 0 Å². The quantitative estimate of drug-likeness (QED) is 0.763. The summed E-state index contributed by atoms with van der Waals surface area (Å²) in [5.41, 5.74) is 0.0212. The van der Waals surface area contributed by atoms with E-state index in [0.29, 0.717) is 6.07 Å². The van der Waals surface area contributed by atoms with Crippen LogP contribution in [0.1, 0.15) is 26.3 Å². The molecule has 0 saturated carbocycles. The molecule has 0 saturated heterocycles. The predicted molar refractivity (Wildman–Crippen MR) is 71.1 cm³/mol. The lowest BCUT2D eigenvalue weighted by atomic mass is 10.2. The minimum Gasteiger partial charge on any atom is -0.455 e. The molecule has 0 aromatic heterocycles. The average molecular weight is 332 g/mol. The lowest BCUT2D eigenvalue weighted by Crippen LogP contribution is -2.51. The van der Waals surface area contributed by atoms with E-state index in [1.165, 1.54) is 0 Å². The second-order valence-electron chi connectivity index (χ2n) is 4.42. The molecule has 0 radical (unpaired) electrons. The normalized spacial score (nSPS) is 10.8. The Hall–Kier alpha value is -2.29. The maximum absolute atomic E-state index is 13.2. The molecule has 120 valence electrons. The first-order valence-corrected chi connectivity index (χ1v) is 8.09. The molecule has 0 fully saturated rings. The molecule has 0 heterocycles. The van der Waals surface area contributed by atoms with Gasteiger partial charge in [0.2, 0.25) is 0 Å². The van der Waals surface area contributed by atoms with Crippen LogP contribution in [-0.4, -0.2) is 26.7 Å². The van der Waals surface area contributed by atoms with Crippen LogP contribution in [-0.2, 0) is 33.7 Å². The predicted octanol–water partition coefficient (Wildman–Crippen LogP) is 1.67. The molecule has 0 aliphatic carbocycles. The highest BCUT2D eigenvalue weighted by atomic mass is 28.4. The smallest absolute Gasteiger partial charge is 0.455 e. The van der Waals surface area contributed by atoms with Crippen molar-refractivity contribution in [2.24, 2.45) is 0 Å². The van der Waals surface area contributed by atoms with E-state index < -0.39 is 44.4 Å². The van der Waals surface area contributed by atoms with Crippen LogP contribution >= 0.6 is 0 Å². The van der Waals surface area contributed by atoms with E-state index >= 15 is 0 Å². The fourth-order valence-electron chi connectivity index (χ4n) is 1.79. The van der Waals surface area contributed by atoms with Crippen LogP contribution in [0.5, 0.6) is 0 Å². The number of rotatable bonds is 5. The molecule has 0 amide bonds. The SMILES string of the molecule is CC(=O)O[Si](Cc1cc(F)cc(F)c1)(OC(C)=O)OC(C)=O. The van der Waals surface area contributed by atoms with Crippen molar-refractivity contribution >= 4 is 26.7 Å². The lowest BCUT2D eigenvalue weighted by molar-refractivity contribution is -0.147. The zero-order valence-corrected chi connectivity index (χ0v) is 13.1. The van der Waals surface area contributed by atoms with Crippen LogP contribution in [0.2, 0.25) is 0 Å². The number of halogens is 2. The van der Waals surface area contributed by atoms with Crippen LogP contribution in [0, 0.1) is 11.6 Å². The van der Waals surface area contributed by atoms with Gasteiger partial charge in [0.05, 0.1) is 6.04 Å². The van der Waals surface area contributed by atoms with Gasteiger partial charge in [0.25, 0.3) is 17.9 Å². The van der Waals surface area contributed by atoms with Gasteiger partial charge in [-0.15, -0.1) is 0 Å². The minimum atomic E-state index is -4.15. The third kappa shape index (κ3) is 5.60. The zero-order chi connectivity index (χ0) is 16.9. The number of benzene rings is 1. The Morgan fingerprint density at radius 1 is 0.864 bits per heavy atom. The Morgan fingerprint density at radius 2 is 1.23 bits per heavy atom. The van der Waals surface area contributed by atoms with Crippen LogP contribution in [0.4, 0.5) is 8.78 Å². The molecule has 22 heavy (non-hydrogen) atoms. The van der Waals surface area contributed by atoms with Crippen LogP contribution in [0.25, 0.3) is 0 Å². The largest absolute Gasteiger partial charge is 0.709 e. The summed E-state index contributed by atoms with van der Waals surface area (Å²) in [5, 5.41) is 0. The van der Waals surface area contributed by atoms with Gasteiger partial charge in [0, 0.05) is 26.8 Å². The molecule has 0 atom stereocenters. The second kappa shape index (κ2) is 7.12. The van der Waals surface area contributed by atoms with E-state index in [2.05, 4.69) is 0 Å². The Balaban J connectivity index is 3.22. The fraction of sp³-hybridized carbons (Fsp3) is 0.308. The maximum atomic E-state index is 13.2. The molecule has 0 spiro atoms. The third-order valence-corrected chi connectivity index (χ3v) is 4.88. The Kier molecular flexibility index (Phi) is 5.74. The first kappa shape index (κ1) is 17.8. The molecule has 0 aliphatic rings. The fourth-order valence-corrected chi connectivity index (χ4v) is 4.15. The highest BCUT2D eigenvalue weighted by molar-refractivity contribution is 6.65. The summed E-state index contributed by atoms with van der Waals surface area (Å²) in [6, 6.07) is 2.14. The average Bonchev–Trinajstić information content (AvgIpc) is 2.22. The van der Waals surface area contributed by atoms with Gasteiger partial charge in [-0.25, -0.2) is 8.78 Å². The molecule has 9 heteroatoms. The molecule has 0 aliphatic heterocycles. The maximum Gasteiger partial charge on any atom is 0.709 e. The van der Waals surface area contributed by atoms with E-state index in [1.54, 1.807) is 0 Å². The summed E-state index contributed by atoms with van der Waals surface area (Å²) in [4.78, 5) is 33.7. The van der Waals surface area contributed by atoms with Gasteiger partial charge < -0.3 is 13.3 Å². The van der Waals surface area contributed by atoms with Gasteiger partial charge >= 0.3 is 8.80 Å². The summed E-state index contributed by atoms with van der Waals surface area (Å²) in [6.45, 7) is 3.09. The van der Waals surface area contributed by atoms with Crippen molar-refractivity contribution in [1.82, 2.24) is 0 Å². The van der Waals surface area contributed by atoms with E-state index in [-0.39, 0.29) is 5.56 Å². The molecule has 0 bridgehead atoms. The van der Waals surface area contributed by atoms with Crippen LogP contribution in [0.15, 0.2) is 18.2 Å². The molecular formula is C13H14F2O6Si. The van der Waals surface area contributed by atoms with Crippen LogP contribution < -0.4 is 0 Å². The van der Waals surface area contributed by atoms with E-state index in [0.717, 1.165) is 32.9 Å². The first-order chi connectivity index (χ1) is 10.1. The Labute approximate surface area is 126 Å². The summed E-state index contributed by atoms with van der Waals surface area (Å²) < 4.78 is 41.2. The van der Waals surface area contributed by atoms with Crippen molar-refractivity contribution < 1.29 is 36.4 Å². The minimum absolute atomic E-state index is 0.0212. The Morgan fingerprint density at radius 3 is 1.55 bits per heavy atom. The Bertz CT molecular complexity index is 543. The number of hydrogen-bond donors (Lipinski definition) is 0. The van der Waals surface area contributed by atoms with Gasteiger partial charge in [-0.1, -0.05) is 0 Å². The van der Waals surface area contributed by atoms with Crippen molar-refractivity contribution in [1.29, 1.82) is 0 Å². The zero-order valence-electron chi connectivity index (χ0n) is 12.1. The van der Waals surface area contributed by atoms with Gasteiger partial charge in [-0.05, 0) is 17.7 Å². The molecular weight excluding hydrogens is 318 g/mol. The lowest BCUT2D eigenvalue weighted by Gasteiger charge is -2.26. The van der Waals surface area contributed by atoms with Crippen molar-refractivity contribution in [3.05, 3.63) is 35.4 Å². The second-order valence-corrected chi connectivity index (χ2v) is 6.75. The molecule has 1 rings (SSSR count). The van der Waals surface area contributed by atoms with E-state index in [4.69, 9.17) is 13.3 Å². The summed E-state index contributed by atoms with van der Waals surface area (Å²) >= 11 is 0. The standard InChI is InChI=1S/C13H14F2O6Si/c1-8(16)19-22(20-9(2)17,21-10(3)18)7-11-4-12(14)6-13(15)5-11/h4-6H,7H2,1-3H3. The first-order valence-electron chi connectivity index (χ1n) is 6.15. The van der Waals surface area contributed by atoms with Gasteiger partial charge in [-0.2, -0.15) is 0 Å². The molecule has 0 unspecified atom stereocenters. The summed E-state index contributed by atoms with van der Waals surface area (Å²) in [7, 11) is -4.15. The molecule has 1 aromatic carbocycles. The molecule has 1 aromatic rings. The van der Waals surface area contributed by atoms with Crippen molar-refractivity contribution in [2.45, 2.75) is 26.8 Å². The highest BCUT2D eigenvalue weighted by Gasteiger charge is 2.52. The number of hydrogen-bond acceptors (Lipinski definition) is 6. The van der Waals surface area contributed by atoms with Crippen molar-refractivity contribution in [3.8, 4) is 0 Å². The van der Waals surface area contributed by atoms with Gasteiger partial charge in [0.1, 0.15) is 11.6 Å². The monoisotopic (exact) mass is 332 g/mol. The van der Waals surface area contributed by atoms with Crippen molar-refractivity contribution in [3.63, 3.8) is 0 Å². The highest BCUT2D eigenvalue weighted by Crippen LogP contribution is 2.20. The van der Waals surface area contributed by atoms with E-state index in [9.17, 15) is 23.2 Å². The van der Waals surface area contributed by atoms with Gasteiger partial charge in [0.15, 0.2) is 0 Å². The topological polar surface area (TPSA) is 78.9 Å². The molecule has 0 N–H and O–H groups in total. The molecule has 6 nitrogen and oxygen atoms in total. The summed E-state index contributed by atoms with van der Waals surface area (Å²) in [5.74, 6) is -4.30. The third-order valence-electron chi connectivity index (χ3n) is 2.24. The van der Waals surface area contributed by atoms with Crippen molar-refractivity contribution in [2.75, 3.05) is 0 Å². The van der Waals surface area contributed by atoms with Gasteiger partial charge in [-0.3, -0.25) is 14.4 Å². The van der Waals surface area contributed by atoms with Crippen LogP contribution in [0.3, 0.4) is 0 Å².